The van der Waals surface area contributed by atoms with Crippen molar-refractivity contribution in [1.29, 1.82) is 0 Å². The Morgan fingerprint density at radius 1 is 1.43 bits per heavy atom. The molecule has 1 saturated carbocycles. The molecule has 2 aromatic heterocycles. The smallest absolute Gasteiger partial charge is 0.241 e. The molecule has 6 nitrogen and oxygen atoms in total. The molecule has 2 aromatic rings. The number of nitrogens with one attached hydrogen (secondary N) is 2. The first-order valence-corrected chi connectivity index (χ1v) is 9.18. The third-order valence-electron chi connectivity index (χ3n) is 3.45. The van der Waals surface area contributed by atoms with Crippen LogP contribution in [0.2, 0.25) is 0 Å². The fraction of sp³-hybridized carbons (Fsp3) is 0.462. The number of rotatable bonds is 7. The summed E-state index contributed by atoms with van der Waals surface area (Å²) >= 11 is 1.47. The van der Waals surface area contributed by atoms with Gasteiger partial charge >= 0.3 is 0 Å². The lowest BCUT2D eigenvalue weighted by atomic mass is 10.4. The van der Waals surface area contributed by atoms with Gasteiger partial charge in [-0.15, -0.1) is 11.3 Å². The molecule has 3 rings (SSSR count). The Hall–Kier alpha value is -1.22. The van der Waals surface area contributed by atoms with Crippen molar-refractivity contribution < 1.29 is 8.42 Å². The van der Waals surface area contributed by atoms with Gasteiger partial charge in [-0.2, -0.15) is 5.10 Å². The van der Waals surface area contributed by atoms with Gasteiger partial charge in [-0.05, 0) is 25.0 Å². The van der Waals surface area contributed by atoms with Crippen molar-refractivity contribution in [2.75, 3.05) is 0 Å². The van der Waals surface area contributed by atoms with Crippen LogP contribution in [0.3, 0.4) is 0 Å². The summed E-state index contributed by atoms with van der Waals surface area (Å²) in [5, 5.41) is 9.09. The lowest BCUT2D eigenvalue weighted by molar-refractivity contribution is 0.577. The van der Waals surface area contributed by atoms with E-state index in [9.17, 15) is 8.42 Å². The first-order valence-electron chi connectivity index (χ1n) is 6.82. The van der Waals surface area contributed by atoms with E-state index in [0.717, 1.165) is 17.1 Å². The molecule has 114 valence electrons. The normalized spacial score (nSPS) is 15.5. The van der Waals surface area contributed by atoms with Crippen LogP contribution in [-0.2, 0) is 30.2 Å². The maximum absolute atomic E-state index is 12.2. The van der Waals surface area contributed by atoms with Gasteiger partial charge in [0.05, 0.1) is 17.1 Å². The van der Waals surface area contributed by atoms with Crippen molar-refractivity contribution in [2.24, 2.45) is 7.05 Å². The number of aromatic nitrogens is 2. The second kappa shape index (κ2) is 5.88. The van der Waals surface area contributed by atoms with E-state index in [1.54, 1.807) is 35.4 Å². The summed E-state index contributed by atoms with van der Waals surface area (Å²) in [5.41, 5.74) is 0.824. The first-order chi connectivity index (χ1) is 10.0. The zero-order chi connectivity index (χ0) is 14.9. The monoisotopic (exact) mass is 326 g/mol. The molecule has 1 aliphatic rings. The second-order valence-corrected chi connectivity index (χ2v) is 7.94. The Balaban J connectivity index is 1.62. The standard InChI is InChI=1S/C13H18N4O2S2/c1-17-11(4-5-15-17)7-16-21(18,19)13-6-12(20-9-13)8-14-10-2-3-10/h4-6,9-10,14,16H,2-3,7-8H2,1H3. The van der Waals surface area contributed by atoms with Gasteiger partial charge in [-0.3, -0.25) is 4.68 Å². The van der Waals surface area contributed by atoms with Crippen molar-refractivity contribution in [3.05, 3.63) is 34.3 Å². The first kappa shape index (κ1) is 14.7. The summed E-state index contributed by atoms with van der Waals surface area (Å²) in [4.78, 5) is 1.38. The van der Waals surface area contributed by atoms with Crippen LogP contribution in [0.4, 0.5) is 0 Å². The predicted octanol–water partition coefficient (Wildman–Crippen LogP) is 1.21. The largest absolute Gasteiger partial charge is 0.309 e. The molecule has 1 aliphatic carbocycles. The molecule has 1 fully saturated rings. The average Bonchev–Trinajstić information content (AvgIpc) is 2.98. The fourth-order valence-corrected chi connectivity index (χ4v) is 4.18. The minimum atomic E-state index is -3.46. The Morgan fingerprint density at radius 3 is 2.90 bits per heavy atom. The zero-order valence-corrected chi connectivity index (χ0v) is 13.4. The summed E-state index contributed by atoms with van der Waals surface area (Å²) < 4.78 is 28.8. The lowest BCUT2D eigenvalue weighted by Gasteiger charge is -2.05. The summed E-state index contributed by atoms with van der Waals surface area (Å²) in [7, 11) is -1.68. The molecule has 2 N–H and O–H groups in total. The summed E-state index contributed by atoms with van der Waals surface area (Å²) in [6.45, 7) is 0.983. The molecule has 21 heavy (non-hydrogen) atoms. The van der Waals surface area contributed by atoms with E-state index < -0.39 is 10.0 Å². The number of hydrogen-bond acceptors (Lipinski definition) is 5. The number of thiophene rings is 1. The average molecular weight is 326 g/mol. The highest BCUT2D eigenvalue weighted by Gasteiger charge is 2.21. The minimum Gasteiger partial charge on any atom is -0.309 e. The van der Waals surface area contributed by atoms with E-state index in [0.29, 0.717) is 10.9 Å². The highest BCUT2D eigenvalue weighted by molar-refractivity contribution is 7.89. The maximum Gasteiger partial charge on any atom is 0.241 e. The number of aryl methyl sites for hydroxylation is 1. The highest BCUT2D eigenvalue weighted by Crippen LogP contribution is 2.23. The van der Waals surface area contributed by atoms with E-state index in [2.05, 4.69) is 15.1 Å². The molecular formula is C13H18N4O2S2. The summed E-state index contributed by atoms with van der Waals surface area (Å²) in [6, 6.07) is 4.15. The molecule has 8 heteroatoms. The van der Waals surface area contributed by atoms with Crippen LogP contribution in [0.15, 0.2) is 28.6 Å². The van der Waals surface area contributed by atoms with Crippen LogP contribution in [0.25, 0.3) is 0 Å². The van der Waals surface area contributed by atoms with Crippen LogP contribution in [0, 0.1) is 0 Å². The molecule has 2 heterocycles. The van der Waals surface area contributed by atoms with Gasteiger partial charge in [0.2, 0.25) is 10.0 Å². The highest BCUT2D eigenvalue weighted by atomic mass is 32.2. The van der Waals surface area contributed by atoms with Crippen LogP contribution >= 0.6 is 11.3 Å². The number of sulfonamides is 1. The van der Waals surface area contributed by atoms with Gasteiger partial charge in [0.15, 0.2) is 0 Å². The third-order valence-corrected chi connectivity index (χ3v) is 5.91. The van der Waals surface area contributed by atoms with Crippen LogP contribution < -0.4 is 10.0 Å². The van der Waals surface area contributed by atoms with Gasteiger partial charge in [-0.1, -0.05) is 0 Å². The summed E-state index contributed by atoms with van der Waals surface area (Å²) in [6.07, 6.45) is 4.10. The predicted molar refractivity (Wildman–Crippen MR) is 81.4 cm³/mol. The Labute approximate surface area is 128 Å². The lowest BCUT2D eigenvalue weighted by Crippen LogP contribution is -2.24. The molecule has 0 saturated heterocycles. The van der Waals surface area contributed by atoms with Gasteiger partial charge in [0.25, 0.3) is 0 Å². The molecule has 0 bridgehead atoms. The quantitative estimate of drug-likeness (QED) is 0.802. The van der Waals surface area contributed by atoms with E-state index in [1.807, 2.05) is 0 Å². The summed E-state index contributed by atoms with van der Waals surface area (Å²) in [5.74, 6) is 0. The molecular weight excluding hydrogens is 308 g/mol. The third kappa shape index (κ3) is 3.70. The van der Waals surface area contributed by atoms with Gasteiger partial charge in [0.1, 0.15) is 0 Å². The molecule has 0 aliphatic heterocycles. The van der Waals surface area contributed by atoms with Crippen molar-refractivity contribution in [3.8, 4) is 0 Å². The molecule has 0 atom stereocenters. The maximum atomic E-state index is 12.2. The molecule has 0 radical (unpaired) electrons. The number of nitrogens with zero attached hydrogens (tertiary/aromatic N) is 2. The Morgan fingerprint density at radius 2 is 2.24 bits per heavy atom. The number of hydrogen-bond donors (Lipinski definition) is 2. The molecule has 0 amide bonds. The topological polar surface area (TPSA) is 76.0 Å². The van der Waals surface area contributed by atoms with Crippen molar-refractivity contribution >= 4 is 21.4 Å². The Kier molecular flexibility index (Phi) is 4.12. The van der Waals surface area contributed by atoms with Gasteiger partial charge in [-0.25, -0.2) is 13.1 Å². The SMILES string of the molecule is Cn1nccc1CNS(=O)(=O)c1csc(CNC2CC2)c1. The van der Waals surface area contributed by atoms with E-state index in [1.165, 1.54) is 24.2 Å². The van der Waals surface area contributed by atoms with Crippen LogP contribution in [0.5, 0.6) is 0 Å². The van der Waals surface area contributed by atoms with Gasteiger partial charge in [0, 0.05) is 36.1 Å². The van der Waals surface area contributed by atoms with E-state index in [-0.39, 0.29) is 6.54 Å². The second-order valence-electron chi connectivity index (χ2n) is 5.17. The van der Waals surface area contributed by atoms with E-state index in [4.69, 9.17) is 0 Å². The molecule has 0 aromatic carbocycles. The van der Waals surface area contributed by atoms with Crippen molar-refractivity contribution in [1.82, 2.24) is 19.8 Å². The molecule has 0 unspecified atom stereocenters. The van der Waals surface area contributed by atoms with E-state index >= 15 is 0 Å². The zero-order valence-electron chi connectivity index (χ0n) is 11.7. The van der Waals surface area contributed by atoms with Gasteiger partial charge < -0.3 is 5.32 Å². The van der Waals surface area contributed by atoms with Crippen LogP contribution in [-0.4, -0.2) is 24.2 Å². The van der Waals surface area contributed by atoms with Crippen molar-refractivity contribution in [3.63, 3.8) is 0 Å². The fourth-order valence-electron chi connectivity index (χ4n) is 1.95. The Bertz CT molecular complexity index is 716. The van der Waals surface area contributed by atoms with Crippen LogP contribution in [0.1, 0.15) is 23.4 Å². The van der Waals surface area contributed by atoms with Crippen molar-refractivity contribution in [2.45, 2.75) is 36.9 Å². The molecule has 0 spiro atoms. The minimum absolute atomic E-state index is 0.240.